The molecular weight excluding hydrogens is 192 g/mol. The summed E-state index contributed by atoms with van der Waals surface area (Å²) in [6.45, 7) is 18.2. The normalized spacial score (nSPS) is 15.0. The van der Waals surface area contributed by atoms with Gasteiger partial charge in [-0.3, -0.25) is 0 Å². The van der Waals surface area contributed by atoms with Crippen LogP contribution in [0, 0.1) is 10.8 Å². The van der Waals surface area contributed by atoms with E-state index in [-0.39, 0.29) is 0 Å². The minimum absolute atomic E-state index is 0.452. The van der Waals surface area contributed by atoms with E-state index in [9.17, 15) is 0 Å². The largest absolute Gasteiger partial charge is 0.0683 e. The second-order valence-corrected chi connectivity index (χ2v) is 5.97. The number of rotatable bonds is 6. The molecule has 16 heavy (non-hydrogen) atoms. The van der Waals surface area contributed by atoms with Gasteiger partial charge in [-0.05, 0) is 17.3 Å². The van der Waals surface area contributed by atoms with Crippen LogP contribution >= 0.6 is 0 Å². The maximum absolute atomic E-state index is 2.46. The zero-order valence-corrected chi connectivity index (χ0v) is 13.2. The van der Waals surface area contributed by atoms with E-state index in [1.807, 2.05) is 13.8 Å². The lowest BCUT2D eigenvalue weighted by Crippen LogP contribution is -2.32. The van der Waals surface area contributed by atoms with Crippen molar-refractivity contribution in [1.29, 1.82) is 0 Å². The molecule has 0 N–H and O–H groups in total. The summed E-state index contributed by atoms with van der Waals surface area (Å²) in [7, 11) is 0. The summed E-state index contributed by atoms with van der Waals surface area (Å²) in [6.07, 6.45) is 8.29. The summed E-state index contributed by atoms with van der Waals surface area (Å²) >= 11 is 0. The van der Waals surface area contributed by atoms with Gasteiger partial charge in [0.2, 0.25) is 0 Å². The van der Waals surface area contributed by atoms with E-state index in [0.717, 1.165) is 0 Å². The zero-order chi connectivity index (χ0) is 13.2. The first-order chi connectivity index (χ1) is 7.37. The Bertz CT molecular complexity index is 141. The average Bonchev–Trinajstić information content (AvgIpc) is 2.25. The van der Waals surface area contributed by atoms with Gasteiger partial charge in [0.15, 0.2) is 0 Å². The van der Waals surface area contributed by atoms with Gasteiger partial charge in [0, 0.05) is 0 Å². The molecule has 0 heterocycles. The molecule has 0 heteroatoms. The first kappa shape index (κ1) is 18.4. The molecule has 0 rings (SSSR count). The molecule has 0 saturated carbocycles. The molecule has 0 bridgehead atoms. The summed E-state index contributed by atoms with van der Waals surface area (Å²) in [4.78, 5) is 0. The second-order valence-electron chi connectivity index (χ2n) is 5.97. The van der Waals surface area contributed by atoms with Crippen LogP contribution in [0.5, 0.6) is 0 Å². The molecule has 0 fully saturated rings. The van der Waals surface area contributed by atoms with Crippen LogP contribution in [0.2, 0.25) is 0 Å². The second kappa shape index (κ2) is 9.07. The van der Waals surface area contributed by atoms with Crippen LogP contribution < -0.4 is 0 Å². The maximum Gasteiger partial charge on any atom is -0.0280 e. The van der Waals surface area contributed by atoms with Gasteiger partial charge in [0.25, 0.3) is 0 Å². The molecule has 0 radical (unpaired) electrons. The Kier molecular flexibility index (Phi) is 10.4. The molecule has 0 aliphatic carbocycles. The highest BCUT2D eigenvalue weighted by Crippen LogP contribution is 2.45. The van der Waals surface area contributed by atoms with Gasteiger partial charge in [-0.15, -0.1) is 0 Å². The van der Waals surface area contributed by atoms with E-state index in [1.54, 1.807) is 0 Å². The predicted octanol–water partition coefficient (Wildman–Crippen LogP) is 6.45. The number of unbranched alkanes of at least 4 members (excludes halogenated alkanes) is 3. The Morgan fingerprint density at radius 1 is 0.750 bits per heavy atom. The maximum atomic E-state index is 2.46. The third-order valence-electron chi connectivity index (χ3n) is 4.17. The monoisotopic (exact) mass is 228 g/mol. The van der Waals surface area contributed by atoms with Crippen LogP contribution in [0.1, 0.15) is 93.9 Å². The number of hydrogen-bond donors (Lipinski definition) is 0. The van der Waals surface area contributed by atoms with Crippen molar-refractivity contribution in [3.8, 4) is 0 Å². The van der Waals surface area contributed by atoms with Crippen molar-refractivity contribution in [3.05, 3.63) is 0 Å². The summed E-state index contributed by atoms with van der Waals surface area (Å²) in [5, 5.41) is 0. The zero-order valence-electron chi connectivity index (χ0n) is 13.2. The third kappa shape index (κ3) is 6.55. The Hall–Kier alpha value is 0. The lowest BCUT2D eigenvalue weighted by atomic mass is 9.64. The van der Waals surface area contributed by atoms with Crippen LogP contribution in [0.15, 0.2) is 0 Å². The molecule has 0 aromatic rings. The molecule has 0 aromatic carbocycles. The van der Waals surface area contributed by atoms with Crippen LogP contribution in [-0.2, 0) is 0 Å². The van der Waals surface area contributed by atoms with Crippen LogP contribution in [0.4, 0.5) is 0 Å². The first-order valence-electron chi connectivity index (χ1n) is 7.37. The Morgan fingerprint density at radius 2 is 1.25 bits per heavy atom. The minimum atomic E-state index is 0.452. The Morgan fingerprint density at radius 3 is 1.56 bits per heavy atom. The first-order valence-corrected chi connectivity index (χ1v) is 7.37. The van der Waals surface area contributed by atoms with Gasteiger partial charge in [0.05, 0.1) is 0 Å². The van der Waals surface area contributed by atoms with Gasteiger partial charge < -0.3 is 0 Å². The fourth-order valence-corrected chi connectivity index (χ4v) is 2.02. The van der Waals surface area contributed by atoms with Gasteiger partial charge in [-0.2, -0.15) is 0 Å². The highest BCUT2D eigenvalue weighted by molar-refractivity contribution is 4.85. The van der Waals surface area contributed by atoms with E-state index < -0.39 is 0 Å². The molecule has 1 atom stereocenters. The average molecular weight is 228 g/mol. The highest BCUT2D eigenvalue weighted by atomic mass is 14.4. The molecule has 0 amide bonds. The fraction of sp³-hybridized carbons (Fsp3) is 1.00. The van der Waals surface area contributed by atoms with E-state index >= 15 is 0 Å². The van der Waals surface area contributed by atoms with E-state index in [1.165, 1.54) is 38.5 Å². The molecule has 0 spiro atoms. The molecule has 0 saturated heterocycles. The lowest BCUT2D eigenvalue weighted by Gasteiger charge is -2.42. The van der Waals surface area contributed by atoms with E-state index in [4.69, 9.17) is 0 Å². The quantitative estimate of drug-likeness (QED) is 0.458. The molecule has 0 aliphatic heterocycles. The molecular formula is C16H36. The van der Waals surface area contributed by atoms with Crippen molar-refractivity contribution in [2.24, 2.45) is 10.8 Å². The van der Waals surface area contributed by atoms with E-state index in [0.29, 0.717) is 10.8 Å². The van der Waals surface area contributed by atoms with Crippen LogP contribution in [0.3, 0.4) is 0 Å². The molecule has 1 unspecified atom stereocenters. The van der Waals surface area contributed by atoms with Crippen molar-refractivity contribution < 1.29 is 0 Å². The summed E-state index contributed by atoms with van der Waals surface area (Å²) in [5.74, 6) is 0. The smallest absolute Gasteiger partial charge is 0.0280 e. The Labute approximate surface area is 105 Å². The molecule has 100 valence electrons. The summed E-state index contributed by atoms with van der Waals surface area (Å²) < 4.78 is 0. The van der Waals surface area contributed by atoms with Crippen LogP contribution in [-0.4, -0.2) is 0 Å². The summed E-state index contributed by atoms with van der Waals surface area (Å²) in [5.41, 5.74) is 0.981. The van der Waals surface area contributed by atoms with Crippen molar-refractivity contribution in [2.75, 3.05) is 0 Å². The summed E-state index contributed by atoms with van der Waals surface area (Å²) in [6, 6.07) is 0. The van der Waals surface area contributed by atoms with Crippen molar-refractivity contribution >= 4 is 0 Å². The van der Waals surface area contributed by atoms with Gasteiger partial charge >= 0.3 is 0 Å². The lowest BCUT2D eigenvalue weighted by molar-refractivity contribution is 0.0874. The highest BCUT2D eigenvalue weighted by Gasteiger charge is 2.34. The van der Waals surface area contributed by atoms with Crippen LogP contribution in [0.25, 0.3) is 0 Å². The van der Waals surface area contributed by atoms with Gasteiger partial charge in [0.1, 0.15) is 0 Å². The SMILES string of the molecule is CC.CCCCCCC(C)(CC)C(C)(C)C. The third-order valence-corrected chi connectivity index (χ3v) is 4.17. The van der Waals surface area contributed by atoms with Crippen molar-refractivity contribution in [1.82, 2.24) is 0 Å². The molecule has 0 aliphatic rings. The van der Waals surface area contributed by atoms with Crippen molar-refractivity contribution in [2.45, 2.75) is 93.9 Å². The Balaban J connectivity index is 0. The minimum Gasteiger partial charge on any atom is -0.0683 e. The molecule has 0 nitrogen and oxygen atoms in total. The predicted molar refractivity (Wildman–Crippen MR) is 78.0 cm³/mol. The van der Waals surface area contributed by atoms with Gasteiger partial charge in [-0.1, -0.05) is 87.5 Å². The fourth-order valence-electron chi connectivity index (χ4n) is 2.02. The number of hydrogen-bond acceptors (Lipinski definition) is 0. The van der Waals surface area contributed by atoms with Crippen molar-refractivity contribution in [3.63, 3.8) is 0 Å². The van der Waals surface area contributed by atoms with Gasteiger partial charge in [-0.25, -0.2) is 0 Å². The molecule has 0 aromatic heterocycles. The van der Waals surface area contributed by atoms with E-state index in [2.05, 4.69) is 41.5 Å². The topological polar surface area (TPSA) is 0 Å². The standard InChI is InChI=1S/C14H30.C2H6/c1-7-9-10-11-12-14(6,8-2)13(3,4)5;1-2/h7-12H2,1-6H3;1-2H3.